The molecule has 4 rings (SSSR count). The number of benzene rings is 3. The molecular weight excluding hydrogens is 595 g/mol. The molecule has 1 aliphatic rings. The topological polar surface area (TPSA) is 116 Å². The third kappa shape index (κ3) is 7.03. The summed E-state index contributed by atoms with van der Waals surface area (Å²) in [7, 11) is -7.70. The third-order valence-electron chi connectivity index (χ3n) is 6.26. The van der Waals surface area contributed by atoms with Crippen LogP contribution in [-0.4, -0.2) is 59.8 Å². The second kappa shape index (κ2) is 12.7. The second-order valence-corrected chi connectivity index (χ2v) is 13.5. The number of hydrogen-bond donors (Lipinski definition) is 2. The van der Waals surface area contributed by atoms with Crippen molar-refractivity contribution in [2.24, 2.45) is 0 Å². The fourth-order valence-corrected chi connectivity index (χ4v) is 7.41. The summed E-state index contributed by atoms with van der Waals surface area (Å²) in [4.78, 5) is 14.9. The number of sulfonamides is 2. The average molecular weight is 624 g/mol. The van der Waals surface area contributed by atoms with Gasteiger partial charge in [0.15, 0.2) is 0 Å². The van der Waals surface area contributed by atoms with Crippen LogP contribution >= 0.6 is 23.2 Å². The monoisotopic (exact) mass is 622 g/mol. The summed E-state index contributed by atoms with van der Waals surface area (Å²) < 4.78 is 55.8. The minimum atomic E-state index is -3.93. The van der Waals surface area contributed by atoms with Gasteiger partial charge in [0.05, 0.1) is 15.4 Å². The van der Waals surface area contributed by atoms with Crippen LogP contribution in [0.15, 0.2) is 89.2 Å². The average Bonchev–Trinajstić information content (AvgIpc) is 2.93. The van der Waals surface area contributed by atoms with E-state index in [1.807, 2.05) is 4.90 Å². The van der Waals surface area contributed by atoms with Gasteiger partial charge in [-0.2, -0.15) is 4.31 Å². The first-order valence-electron chi connectivity index (χ1n) is 12.3. The molecule has 0 unspecified atom stereocenters. The maximum atomic E-state index is 13.3. The zero-order chi connectivity index (χ0) is 28.9. The number of carbonyl (C=O) groups is 1. The van der Waals surface area contributed by atoms with Crippen LogP contribution in [0.4, 0.5) is 11.4 Å². The lowest BCUT2D eigenvalue weighted by atomic mass is 10.2. The Labute approximate surface area is 244 Å². The van der Waals surface area contributed by atoms with Crippen molar-refractivity contribution in [2.75, 3.05) is 42.9 Å². The lowest BCUT2D eigenvalue weighted by Gasteiger charge is -2.35. The minimum Gasteiger partial charge on any atom is -0.369 e. The van der Waals surface area contributed by atoms with Crippen molar-refractivity contribution in [1.82, 2.24) is 9.03 Å². The van der Waals surface area contributed by atoms with E-state index in [0.717, 1.165) is 5.69 Å². The number of hydrogen-bond acceptors (Lipinski definition) is 6. The van der Waals surface area contributed by atoms with Gasteiger partial charge < -0.3 is 10.2 Å². The molecule has 0 spiro atoms. The number of nitrogens with one attached hydrogen (secondary N) is 2. The Hall–Kier alpha value is -2.93. The number of carbonyl (C=O) groups excluding carboxylic acids is 1. The molecule has 3 aromatic carbocycles. The van der Waals surface area contributed by atoms with Gasteiger partial charge in [-0.1, -0.05) is 41.4 Å². The lowest BCUT2D eigenvalue weighted by molar-refractivity contribution is 0.102. The first-order valence-corrected chi connectivity index (χ1v) is 16.0. The van der Waals surface area contributed by atoms with E-state index >= 15 is 0 Å². The van der Waals surface area contributed by atoms with Crippen LogP contribution in [-0.2, 0) is 20.0 Å². The Kier molecular flexibility index (Phi) is 9.55. The van der Waals surface area contributed by atoms with Gasteiger partial charge in [0.2, 0.25) is 20.0 Å². The molecule has 1 saturated heterocycles. The van der Waals surface area contributed by atoms with Gasteiger partial charge >= 0.3 is 0 Å². The summed E-state index contributed by atoms with van der Waals surface area (Å²) in [5.74, 6) is -0.641. The number of nitrogens with zero attached hydrogens (tertiary/aromatic N) is 2. The predicted molar refractivity (Wildman–Crippen MR) is 158 cm³/mol. The molecule has 2 N–H and O–H groups in total. The van der Waals surface area contributed by atoms with Crippen molar-refractivity contribution in [3.05, 3.63) is 95.0 Å². The van der Waals surface area contributed by atoms with E-state index in [4.69, 9.17) is 23.2 Å². The molecule has 0 atom stereocenters. The van der Waals surface area contributed by atoms with Crippen molar-refractivity contribution in [1.29, 1.82) is 0 Å². The molecule has 1 fully saturated rings. The van der Waals surface area contributed by atoms with Gasteiger partial charge in [-0.05, 0) is 61.0 Å². The van der Waals surface area contributed by atoms with Crippen LogP contribution in [0.5, 0.6) is 0 Å². The van der Waals surface area contributed by atoms with Crippen LogP contribution in [0.2, 0.25) is 10.0 Å². The first-order chi connectivity index (χ1) is 19.0. The van der Waals surface area contributed by atoms with Gasteiger partial charge in [0.25, 0.3) is 5.91 Å². The van der Waals surface area contributed by atoms with E-state index in [9.17, 15) is 21.6 Å². The zero-order valence-corrected chi connectivity index (χ0v) is 24.5. The molecule has 0 radical (unpaired) electrons. The summed E-state index contributed by atoms with van der Waals surface area (Å²) >= 11 is 12.2. The quantitative estimate of drug-likeness (QED) is 0.252. The van der Waals surface area contributed by atoms with E-state index in [-0.39, 0.29) is 35.0 Å². The Morgan fingerprint density at radius 1 is 0.900 bits per heavy atom. The van der Waals surface area contributed by atoms with Crippen LogP contribution in [0.1, 0.15) is 16.8 Å². The minimum absolute atomic E-state index is 0.0378. The molecule has 3 aromatic rings. The maximum Gasteiger partial charge on any atom is 0.257 e. The molecule has 0 saturated carbocycles. The molecule has 13 heteroatoms. The zero-order valence-electron chi connectivity index (χ0n) is 21.4. The van der Waals surface area contributed by atoms with E-state index in [2.05, 4.69) is 16.6 Å². The highest BCUT2D eigenvalue weighted by atomic mass is 35.5. The molecule has 9 nitrogen and oxygen atoms in total. The summed E-state index contributed by atoms with van der Waals surface area (Å²) in [6.07, 6.45) is 2.03. The highest BCUT2D eigenvalue weighted by Gasteiger charge is 2.29. The summed E-state index contributed by atoms with van der Waals surface area (Å²) in [6, 6.07) is 16.8. The largest absolute Gasteiger partial charge is 0.369 e. The molecule has 0 aliphatic carbocycles. The molecular formula is C27H28Cl2N4O5S2. The summed E-state index contributed by atoms with van der Waals surface area (Å²) in [6.45, 7) is 5.20. The standard InChI is InChI=1S/C27H28Cl2N4O5S2/c1-2-3-12-30-39(35,36)26-7-5-4-6-25(26)27(34)31-22-8-10-24(11-9-22)40(37,38)33-15-13-32(14-16-33)23-18-20(28)17-21(29)19-23/h2,4-11,17-19,30H,1,3,12-16H2,(H,31,34). The number of halogens is 2. The molecule has 0 aromatic heterocycles. The summed E-state index contributed by atoms with van der Waals surface area (Å²) in [5, 5.41) is 3.66. The van der Waals surface area contributed by atoms with Gasteiger partial charge in [-0.3, -0.25) is 4.79 Å². The van der Waals surface area contributed by atoms with Crippen LogP contribution in [0.25, 0.3) is 0 Å². The number of amides is 1. The number of piperazine rings is 1. The number of anilines is 2. The van der Waals surface area contributed by atoms with Crippen molar-refractivity contribution in [3.8, 4) is 0 Å². The number of rotatable bonds is 10. The van der Waals surface area contributed by atoms with Crippen molar-refractivity contribution >= 4 is 60.5 Å². The Bertz CT molecular complexity index is 1590. The van der Waals surface area contributed by atoms with Crippen LogP contribution in [0.3, 0.4) is 0 Å². The van der Waals surface area contributed by atoms with Gasteiger partial charge in [-0.25, -0.2) is 21.6 Å². The summed E-state index contributed by atoms with van der Waals surface area (Å²) in [5.41, 5.74) is 1.11. The van der Waals surface area contributed by atoms with Gasteiger partial charge in [-0.15, -0.1) is 6.58 Å². The van der Waals surface area contributed by atoms with Gasteiger partial charge in [0.1, 0.15) is 0 Å². The fraction of sp³-hybridized carbons (Fsp3) is 0.222. The van der Waals surface area contributed by atoms with Gasteiger partial charge in [0, 0.05) is 54.1 Å². The highest BCUT2D eigenvalue weighted by molar-refractivity contribution is 7.89. The molecule has 1 amide bonds. The lowest BCUT2D eigenvalue weighted by Crippen LogP contribution is -2.48. The van der Waals surface area contributed by atoms with E-state index < -0.39 is 26.0 Å². The molecule has 0 bridgehead atoms. The smallest absolute Gasteiger partial charge is 0.257 e. The maximum absolute atomic E-state index is 13.3. The van der Waals surface area contributed by atoms with E-state index in [1.165, 1.54) is 46.8 Å². The molecule has 212 valence electrons. The Balaban J connectivity index is 1.43. The van der Waals surface area contributed by atoms with Crippen molar-refractivity contribution in [2.45, 2.75) is 16.2 Å². The Morgan fingerprint density at radius 2 is 1.52 bits per heavy atom. The van der Waals surface area contributed by atoms with E-state index in [0.29, 0.717) is 35.2 Å². The molecule has 1 heterocycles. The van der Waals surface area contributed by atoms with Crippen LogP contribution < -0.4 is 14.9 Å². The van der Waals surface area contributed by atoms with E-state index in [1.54, 1.807) is 30.3 Å². The highest BCUT2D eigenvalue weighted by Crippen LogP contribution is 2.28. The third-order valence-corrected chi connectivity index (χ3v) is 10.1. The molecule has 40 heavy (non-hydrogen) atoms. The van der Waals surface area contributed by atoms with Crippen molar-refractivity contribution in [3.63, 3.8) is 0 Å². The normalized spacial score (nSPS) is 14.6. The SMILES string of the molecule is C=CCCNS(=O)(=O)c1ccccc1C(=O)Nc1ccc(S(=O)(=O)N2CCN(c3cc(Cl)cc(Cl)c3)CC2)cc1. The molecule has 1 aliphatic heterocycles. The first kappa shape index (κ1) is 30.0. The van der Waals surface area contributed by atoms with Crippen LogP contribution in [0, 0.1) is 0 Å². The second-order valence-electron chi connectivity index (χ2n) is 8.97. The van der Waals surface area contributed by atoms with Crippen molar-refractivity contribution < 1.29 is 21.6 Å². The Morgan fingerprint density at radius 3 is 2.15 bits per heavy atom. The fourth-order valence-electron chi connectivity index (χ4n) is 4.23. The predicted octanol–water partition coefficient (Wildman–Crippen LogP) is 4.61.